The Hall–Kier alpha value is -2.63. The number of hydrogen-bond acceptors (Lipinski definition) is 6. The van der Waals surface area contributed by atoms with Gasteiger partial charge in [0.2, 0.25) is 0 Å². The molecule has 158 valence electrons. The van der Waals surface area contributed by atoms with E-state index in [0.29, 0.717) is 17.0 Å². The predicted molar refractivity (Wildman–Crippen MR) is 115 cm³/mol. The van der Waals surface area contributed by atoms with Gasteiger partial charge >= 0.3 is 11.9 Å². The van der Waals surface area contributed by atoms with E-state index in [-0.39, 0.29) is 19.2 Å². The highest BCUT2D eigenvalue weighted by molar-refractivity contribution is 6.07. The molecule has 1 unspecified atom stereocenters. The van der Waals surface area contributed by atoms with Gasteiger partial charge in [0.05, 0.1) is 18.8 Å². The van der Waals surface area contributed by atoms with Crippen LogP contribution in [0.3, 0.4) is 0 Å². The summed E-state index contributed by atoms with van der Waals surface area (Å²) < 4.78 is 10.6. The highest BCUT2D eigenvalue weighted by Gasteiger charge is 2.42. The van der Waals surface area contributed by atoms with Gasteiger partial charge in [0.1, 0.15) is 5.92 Å². The van der Waals surface area contributed by atoms with Crippen LogP contribution in [0.25, 0.3) is 0 Å². The monoisotopic (exact) mass is 400 g/mol. The number of hydrogen-bond donors (Lipinski definition) is 0. The van der Waals surface area contributed by atoms with Crippen LogP contribution in [0.4, 0.5) is 5.69 Å². The molecule has 2 atom stereocenters. The molecule has 6 heteroatoms. The average molecular weight is 401 g/mol. The molecule has 0 aromatic heterocycles. The van der Waals surface area contributed by atoms with Gasteiger partial charge in [0.25, 0.3) is 0 Å². The quantitative estimate of drug-likeness (QED) is 0.615. The summed E-state index contributed by atoms with van der Waals surface area (Å²) in [6, 6.07) is 8.03. The second-order valence-corrected chi connectivity index (χ2v) is 6.94. The van der Waals surface area contributed by atoms with Crippen LogP contribution in [-0.2, 0) is 19.1 Å². The van der Waals surface area contributed by atoms with E-state index in [9.17, 15) is 9.59 Å². The maximum absolute atomic E-state index is 12.8. The van der Waals surface area contributed by atoms with Crippen molar-refractivity contribution in [2.24, 2.45) is 10.9 Å². The number of carbonyl (C=O) groups is 2. The first-order valence-electron chi connectivity index (χ1n) is 10.3. The molecule has 0 aliphatic carbocycles. The molecule has 0 N–H and O–H groups in total. The molecule has 2 rings (SSSR count). The average Bonchev–Trinajstić information content (AvgIpc) is 2.69. The minimum Gasteiger partial charge on any atom is -0.465 e. The Balaban J connectivity index is 2.56. The molecule has 1 aromatic rings. The first-order valence-corrected chi connectivity index (χ1v) is 10.3. The molecule has 1 heterocycles. The third kappa shape index (κ3) is 4.86. The van der Waals surface area contributed by atoms with E-state index in [4.69, 9.17) is 9.47 Å². The van der Waals surface area contributed by atoms with Crippen LogP contribution in [0.15, 0.2) is 40.5 Å². The van der Waals surface area contributed by atoms with Crippen LogP contribution >= 0.6 is 0 Å². The molecule has 1 aliphatic rings. The van der Waals surface area contributed by atoms with E-state index in [2.05, 4.69) is 23.7 Å². The number of ether oxygens (including phenoxy) is 2. The number of allylic oxidation sites excluding steroid dienone is 1. The van der Waals surface area contributed by atoms with E-state index in [1.807, 2.05) is 31.2 Å². The lowest BCUT2D eigenvalue weighted by Crippen LogP contribution is -2.36. The van der Waals surface area contributed by atoms with Crippen molar-refractivity contribution in [1.82, 2.24) is 0 Å². The number of esters is 2. The van der Waals surface area contributed by atoms with Crippen molar-refractivity contribution in [1.29, 1.82) is 0 Å². The fourth-order valence-electron chi connectivity index (χ4n) is 3.89. The van der Waals surface area contributed by atoms with Gasteiger partial charge in [0.15, 0.2) is 0 Å². The molecule has 0 saturated carbocycles. The fourth-order valence-corrected chi connectivity index (χ4v) is 3.89. The minimum absolute atomic E-state index is 0.260. The Labute approximate surface area is 173 Å². The second-order valence-electron chi connectivity index (χ2n) is 6.94. The largest absolute Gasteiger partial charge is 0.465 e. The Morgan fingerprint density at radius 2 is 1.55 bits per heavy atom. The molecular weight excluding hydrogens is 368 g/mol. The highest BCUT2D eigenvalue weighted by atomic mass is 16.5. The summed E-state index contributed by atoms with van der Waals surface area (Å²) in [5.41, 5.74) is 3.62. The number of carbonyl (C=O) groups excluding carboxylic acids is 2. The van der Waals surface area contributed by atoms with Crippen LogP contribution < -0.4 is 4.90 Å². The number of nitrogens with zero attached hydrogens (tertiary/aromatic N) is 2. The van der Waals surface area contributed by atoms with E-state index in [1.165, 1.54) is 0 Å². The summed E-state index contributed by atoms with van der Waals surface area (Å²) in [5.74, 6) is -1.96. The lowest BCUT2D eigenvalue weighted by Gasteiger charge is -2.32. The molecule has 0 radical (unpaired) electrons. The van der Waals surface area contributed by atoms with E-state index < -0.39 is 17.8 Å². The van der Waals surface area contributed by atoms with Crippen molar-refractivity contribution in [3.05, 3.63) is 41.1 Å². The maximum atomic E-state index is 12.8. The minimum atomic E-state index is -0.655. The van der Waals surface area contributed by atoms with Gasteiger partial charge in [-0.05, 0) is 59.2 Å². The lowest BCUT2D eigenvalue weighted by molar-refractivity contribution is -0.146. The highest BCUT2D eigenvalue weighted by Crippen LogP contribution is 2.40. The Morgan fingerprint density at radius 3 is 2.07 bits per heavy atom. The summed E-state index contributed by atoms with van der Waals surface area (Å²) >= 11 is 0. The van der Waals surface area contributed by atoms with Gasteiger partial charge in [-0.15, -0.1) is 0 Å². The third-order valence-electron chi connectivity index (χ3n) is 5.24. The third-order valence-corrected chi connectivity index (χ3v) is 5.24. The van der Waals surface area contributed by atoms with Gasteiger partial charge in [-0.1, -0.05) is 12.1 Å². The van der Waals surface area contributed by atoms with Crippen LogP contribution in [0, 0.1) is 5.92 Å². The summed E-state index contributed by atoms with van der Waals surface area (Å²) in [5, 5.41) is 0. The smallest absolute Gasteiger partial charge is 0.336 e. The van der Waals surface area contributed by atoms with Gasteiger partial charge < -0.3 is 14.4 Å². The fraction of sp³-hybridized carbons (Fsp3) is 0.522. The normalized spacial score (nSPS) is 18.9. The summed E-state index contributed by atoms with van der Waals surface area (Å²) in [6.07, 6.45) is 0. The first kappa shape index (κ1) is 22.7. The molecule has 1 aromatic carbocycles. The number of rotatable bonds is 8. The van der Waals surface area contributed by atoms with Crippen LogP contribution in [0.2, 0.25) is 0 Å². The van der Waals surface area contributed by atoms with Crippen LogP contribution in [0.5, 0.6) is 0 Å². The molecular formula is C23H32N2O4. The van der Waals surface area contributed by atoms with Gasteiger partial charge in [0, 0.05) is 36.1 Å². The van der Waals surface area contributed by atoms with Crippen molar-refractivity contribution in [3.63, 3.8) is 0 Å². The second kappa shape index (κ2) is 10.2. The van der Waals surface area contributed by atoms with Crippen molar-refractivity contribution in [2.45, 2.75) is 47.5 Å². The van der Waals surface area contributed by atoms with Gasteiger partial charge in [-0.25, -0.2) is 4.79 Å². The lowest BCUT2D eigenvalue weighted by atomic mass is 9.75. The van der Waals surface area contributed by atoms with Crippen molar-refractivity contribution >= 4 is 23.3 Å². The molecule has 1 aliphatic heterocycles. The molecule has 0 fully saturated rings. The Morgan fingerprint density at radius 1 is 0.966 bits per heavy atom. The predicted octanol–water partition coefficient (Wildman–Crippen LogP) is 4.11. The SMILES string of the molecule is CCOC(=O)C1=C(C)N=C(C)C(C(=O)OCC)[C@H]1c1ccc(N(CC)CC)cc1. The van der Waals surface area contributed by atoms with Crippen LogP contribution in [0.1, 0.15) is 53.0 Å². The van der Waals surface area contributed by atoms with Crippen molar-refractivity contribution < 1.29 is 19.1 Å². The van der Waals surface area contributed by atoms with E-state index in [0.717, 1.165) is 24.3 Å². The van der Waals surface area contributed by atoms with Crippen LogP contribution in [-0.4, -0.2) is 44.0 Å². The number of benzene rings is 1. The van der Waals surface area contributed by atoms with Gasteiger partial charge in [-0.3, -0.25) is 9.79 Å². The zero-order valence-corrected chi connectivity index (χ0v) is 18.3. The molecule has 29 heavy (non-hydrogen) atoms. The Kier molecular flexibility index (Phi) is 8.00. The topological polar surface area (TPSA) is 68.2 Å². The summed E-state index contributed by atoms with van der Waals surface area (Å²) in [4.78, 5) is 32.3. The Bertz CT molecular complexity index is 792. The zero-order valence-electron chi connectivity index (χ0n) is 18.3. The standard InChI is InChI=1S/C23H32N2O4/c1-7-25(8-2)18-13-11-17(12-14-18)21-19(22(26)28-9-3)15(5)24-16(6)20(21)23(27)29-10-4/h11-14,19,21H,7-10H2,1-6H3/t19?,21-/m1/s1. The molecule has 0 spiro atoms. The number of aliphatic imine (C=N–C) groups is 1. The molecule has 6 nitrogen and oxygen atoms in total. The summed E-state index contributed by atoms with van der Waals surface area (Å²) in [7, 11) is 0. The zero-order chi connectivity index (χ0) is 21.6. The van der Waals surface area contributed by atoms with Crippen molar-refractivity contribution in [3.8, 4) is 0 Å². The number of anilines is 1. The van der Waals surface area contributed by atoms with Crippen molar-refractivity contribution in [2.75, 3.05) is 31.2 Å². The van der Waals surface area contributed by atoms with E-state index >= 15 is 0 Å². The maximum Gasteiger partial charge on any atom is 0.336 e. The molecule has 0 amide bonds. The molecule has 0 saturated heterocycles. The molecule has 0 bridgehead atoms. The first-order chi connectivity index (χ1) is 13.9. The van der Waals surface area contributed by atoms with E-state index in [1.54, 1.807) is 20.8 Å². The van der Waals surface area contributed by atoms with Gasteiger partial charge in [-0.2, -0.15) is 0 Å². The summed E-state index contributed by atoms with van der Waals surface area (Å²) in [6.45, 7) is 13.7.